The van der Waals surface area contributed by atoms with Gasteiger partial charge in [-0.1, -0.05) is 29.3 Å². The molecule has 0 amide bonds. The number of nitrogens with one attached hydrogen (secondary N) is 1. The monoisotopic (exact) mass is 446 g/mol. The Balaban J connectivity index is 1.81. The zero-order valence-electron chi connectivity index (χ0n) is 13.8. The summed E-state index contributed by atoms with van der Waals surface area (Å²) in [5, 5.41) is 0.884. The first-order chi connectivity index (χ1) is 13.1. The highest BCUT2D eigenvalue weighted by Gasteiger charge is 2.30. The second-order valence-corrected chi connectivity index (χ2v) is 8.21. The van der Waals surface area contributed by atoms with Crippen molar-refractivity contribution in [3.05, 3.63) is 76.4 Å². The molecule has 3 aromatic rings. The molecule has 2 aromatic carbocycles. The molecule has 0 atom stereocenters. The number of benzene rings is 2. The fraction of sp³-hybridized carbons (Fsp3) is 0.0556. The van der Waals surface area contributed by atoms with Crippen LogP contribution in [0.15, 0.2) is 65.7 Å². The molecule has 0 spiro atoms. The van der Waals surface area contributed by atoms with E-state index in [2.05, 4.69) is 9.71 Å². The first-order valence-corrected chi connectivity index (χ1v) is 9.92. The van der Waals surface area contributed by atoms with E-state index in [4.69, 9.17) is 23.2 Å². The van der Waals surface area contributed by atoms with Gasteiger partial charge in [0.15, 0.2) is 0 Å². The zero-order chi connectivity index (χ0) is 20.5. The summed E-state index contributed by atoms with van der Waals surface area (Å²) in [6.07, 6.45) is -3.13. The number of alkyl halides is 3. The van der Waals surface area contributed by atoms with Gasteiger partial charge in [-0.05, 0) is 48.5 Å². The van der Waals surface area contributed by atoms with Crippen LogP contribution in [0.3, 0.4) is 0 Å². The number of aromatic nitrogens is 1. The van der Waals surface area contributed by atoms with Crippen molar-refractivity contribution in [2.24, 2.45) is 0 Å². The molecule has 0 fully saturated rings. The highest BCUT2D eigenvalue weighted by molar-refractivity contribution is 7.92. The number of nitrogens with zero attached hydrogens (tertiary/aromatic N) is 1. The van der Waals surface area contributed by atoms with Gasteiger partial charge in [0, 0.05) is 27.4 Å². The molecule has 28 heavy (non-hydrogen) atoms. The van der Waals surface area contributed by atoms with E-state index in [1.54, 1.807) is 24.3 Å². The molecule has 0 aliphatic carbocycles. The number of halogens is 5. The highest BCUT2D eigenvalue weighted by atomic mass is 35.5. The summed E-state index contributed by atoms with van der Waals surface area (Å²) in [6.45, 7) is 0. The van der Waals surface area contributed by atoms with Gasteiger partial charge in [-0.3, -0.25) is 4.72 Å². The molecule has 1 aromatic heterocycles. The molecule has 0 aliphatic heterocycles. The highest BCUT2D eigenvalue weighted by Crippen LogP contribution is 2.31. The smallest absolute Gasteiger partial charge is 0.263 e. The second-order valence-electron chi connectivity index (χ2n) is 5.68. The SMILES string of the molecule is O=S(=O)(Nc1ccc(-c2ccc(Cl)cc2Cl)cn1)c1ccc(C(F)(F)F)cc1. The topological polar surface area (TPSA) is 59.1 Å². The van der Waals surface area contributed by atoms with E-state index in [0.717, 1.165) is 12.1 Å². The molecule has 0 radical (unpaired) electrons. The van der Waals surface area contributed by atoms with Gasteiger partial charge in [0.2, 0.25) is 0 Å². The van der Waals surface area contributed by atoms with Gasteiger partial charge in [-0.2, -0.15) is 13.2 Å². The maximum absolute atomic E-state index is 12.6. The van der Waals surface area contributed by atoms with E-state index in [1.807, 2.05) is 0 Å². The van der Waals surface area contributed by atoms with Crippen LogP contribution in [-0.2, 0) is 16.2 Å². The Morgan fingerprint density at radius 2 is 1.61 bits per heavy atom. The van der Waals surface area contributed by atoms with Gasteiger partial charge in [0.05, 0.1) is 10.5 Å². The molecule has 0 saturated heterocycles. The fourth-order valence-corrected chi connectivity index (χ4v) is 3.88. The van der Waals surface area contributed by atoms with Gasteiger partial charge in [-0.15, -0.1) is 0 Å². The molecule has 4 nitrogen and oxygen atoms in total. The third-order valence-electron chi connectivity index (χ3n) is 3.74. The van der Waals surface area contributed by atoms with Crippen molar-refractivity contribution in [1.29, 1.82) is 0 Å². The Kier molecular flexibility index (Phi) is 5.56. The van der Waals surface area contributed by atoms with E-state index in [0.29, 0.717) is 33.3 Å². The third kappa shape index (κ3) is 4.57. The maximum atomic E-state index is 12.6. The number of rotatable bonds is 4. The van der Waals surface area contributed by atoms with Crippen LogP contribution in [0.25, 0.3) is 11.1 Å². The Labute approximate surface area is 169 Å². The Hall–Kier alpha value is -2.29. The van der Waals surface area contributed by atoms with Crippen LogP contribution in [0.4, 0.5) is 19.0 Å². The van der Waals surface area contributed by atoms with Gasteiger partial charge in [0.25, 0.3) is 10.0 Å². The summed E-state index contributed by atoms with van der Waals surface area (Å²) < 4.78 is 64.7. The van der Waals surface area contributed by atoms with Crippen molar-refractivity contribution < 1.29 is 21.6 Å². The normalized spacial score (nSPS) is 12.0. The van der Waals surface area contributed by atoms with Crippen molar-refractivity contribution in [2.45, 2.75) is 11.1 Å². The standard InChI is InChI=1S/C18H11Cl2F3N2O2S/c19-13-4-7-15(16(20)9-13)11-1-8-17(24-10-11)25-28(26,27)14-5-2-12(3-6-14)18(21,22)23/h1-10H,(H,24,25). The van der Waals surface area contributed by atoms with E-state index in [-0.39, 0.29) is 10.7 Å². The second kappa shape index (κ2) is 7.62. The van der Waals surface area contributed by atoms with E-state index >= 15 is 0 Å². The third-order valence-corrected chi connectivity index (χ3v) is 5.65. The van der Waals surface area contributed by atoms with Gasteiger partial charge in [0.1, 0.15) is 5.82 Å². The minimum atomic E-state index is -4.55. The van der Waals surface area contributed by atoms with Crippen LogP contribution in [0.5, 0.6) is 0 Å². The average molecular weight is 447 g/mol. The molecular weight excluding hydrogens is 436 g/mol. The Morgan fingerprint density at radius 1 is 0.929 bits per heavy atom. The largest absolute Gasteiger partial charge is 0.416 e. The molecule has 1 N–H and O–H groups in total. The molecule has 146 valence electrons. The summed E-state index contributed by atoms with van der Waals surface area (Å²) in [4.78, 5) is 3.71. The minimum absolute atomic E-state index is 0.00809. The van der Waals surface area contributed by atoms with Crippen LogP contribution in [-0.4, -0.2) is 13.4 Å². The van der Waals surface area contributed by atoms with Gasteiger partial charge < -0.3 is 0 Å². The molecular formula is C18H11Cl2F3N2O2S. The average Bonchev–Trinajstić information content (AvgIpc) is 2.62. The van der Waals surface area contributed by atoms with Crippen molar-refractivity contribution in [3.8, 4) is 11.1 Å². The van der Waals surface area contributed by atoms with Gasteiger partial charge in [-0.25, -0.2) is 13.4 Å². The Bertz CT molecular complexity index is 1100. The quantitative estimate of drug-likeness (QED) is 0.544. The van der Waals surface area contributed by atoms with Crippen LogP contribution in [0.2, 0.25) is 10.0 Å². The number of hydrogen-bond acceptors (Lipinski definition) is 3. The van der Waals surface area contributed by atoms with E-state index in [9.17, 15) is 21.6 Å². The predicted molar refractivity (Wildman–Crippen MR) is 102 cm³/mol. The lowest BCUT2D eigenvalue weighted by Crippen LogP contribution is -2.14. The van der Waals surface area contributed by atoms with Crippen LogP contribution < -0.4 is 4.72 Å². The maximum Gasteiger partial charge on any atom is 0.416 e. The first-order valence-electron chi connectivity index (χ1n) is 7.68. The van der Waals surface area contributed by atoms with Crippen molar-refractivity contribution in [3.63, 3.8) is 0 Å². The zero-order valence-corrected chi connectivity index (χ0v) is 16.2. The van der Waals surface area contributed by atoms with E-state index < -0.39 is 21.8 Å². The summed E-state index contributed by atoms with van der Waals surface area (Å²) in [7, 11) is -4.09. The predicted octanol–water partition coefficient (Wildman–Crippen LogP) is 5.88. The van der Waals surface area contributed by atoms with Crippen molar-refractivity contribution in [2.75, 3.05) is 4.72 Å². The summed E-state index contributed by atoms with van der Waals surface area (Å²) in [6, 6.07) is 11.1. The van der Waals surface area contributed by atoms with Crippen LogP contribution in [0, 0.1) is 0 Å². The molecule has 3 rings (SSSR count). The van der Waals surface area contributed by atoms with Gasteiger partial charge >= 0.3 is 6.18 Å². The summed E-state index contributed by atoms with van der Waals surface area (Å²) >= 11 is 12.0. The molecule has 1 heterocycles. The van der Waals surface area contributed by atoms with Crippen molar-refractivity contribution in [1.82, 2.24) is 4.98 Å². The van der Waals surface area contributed by atoms with Crippen LogP contribution >= 0.6 is 23.2 Å². The lowest BCUT2D eigenvalue weighted by atomic mass is 10.1. The first kappa shape index (κ1) is 20.4. The summed E-state index contributed by atoms with van der Waals surface area (Å²) in [5.74, 6) is 0.00809. The summed E-state index contributed by atoms with van der Waals surface area (Å²) in [5.41, 5.74) is 0.364. The number of hydrogen-bond donors (Lipinski definition) is 1. The minimum Gasteiger partial charge on any atom is -0.263 e. The number of anilines is 1. The van der Waals surface area contributed by atoms with Crippen molar-refractivity contribution >= 4 is 39.0 Å². The van der Waals surface area contributed by atoms with E-state index in [1.165, 1.54) is 12.3 Å². The molecule has 0 aliphatic rings. The van der Waals surface area contributed by atoms with Crippen LogP contribution in [0.1, 0.15) is 5.56 Å². The fourth-order valence-electron chi connectivity index (χ4n) is 2.36. The molecule has 10 heteroatoms. The number of sulfonamides is 1. The molecule has 0 saturated carbocycles. The molecule has 0 bridgehead atoms. The molecule has 0 unspecified atom stereocenters. The lowest BCUT2D eigenvalue weighted by Gasteiger charge is -2.10. The Morgan fingerprint density at radius 3 is 2.14 bits per heavy atom. The lowest BCUT2D eigenvalue weighted by molar-refractivity contribution is -0.137. The number of pyridine rings is 1.